The van der Waals surface area contributed by atoms with Gasteiger partial charge in [0.2, 0.25) is 0 Å². The topological polar surface area (TPSA) is 56.7 Å². The highest BCUT2D eigenvalue weighted by molar-refractivity contribution is 14.0. The SMILES string of the molecule is CCCCCC(C)NC(=NCC1(O)CCSC1)NCC.I. The second kappa shape index (κ2) is 11.8. The number of rotatable bonds is 8. The van der Waals surface area contributed by atoms with Crippen molar-refractivity contribution in [1.29, 1.82) is 0 Å². The molecule has 0 spiro atoms. The van der Waals surface area contributed by atoms with E-state index in [0.717, 1.165) is 30.4 Å². The van der Waals surface area contributed by atoms with Crippen molar-refractivity contribution in [3.05, 3.63) is 0 Å². The Hall–Kier alpha value is 0.310. The summed E-state index contributed by atoms with van der Waals surface area (Å²) in [7, 11) is 0. The number of guanidine groups is 1. The number of hydrogen-bond acceptors (Lipinski definition) is 3. The van der Waals surface area contributed by atoms with Crippen LogP contribution < -0.4 is 10.6 Å². The Bertz CT molecular complexity index is 297. The third kappa shape index (κ3) is 9.13. The van der Waals surface area contributed by atoms with E-state index in [-0.39, 0.29) is 24.0 Å². The molecule has 1 rings (SSSR count). The van der Waals surface area contributed by atoms with Crippen molar-refractivity contribution in [2.75, 3.05) is 24.6 Å². The van der Waals surface area contributed by atoms with Gasteiger partial charge in [-0.05, 0) is 32.4 Å². The highest BCUT2D eigenvalue weighted by Crippen LogP contribution is 2.27. The summed E-state index contributed by atoms with van der Waals surface area (Å²) >= 11 is 1.81. The number of hydrogen-bond donors (Lipinski definition) is 3. The predicted molar refractivity (Wildman–Crippen MR) is 105 cm³/mol. The maximum atomic E-state index is 10.3. The van der Waals surface area contributed by atoms with Crippen molar-refractivity contribution in [2.45, 2.75) is 64.5 Å². The minimum absolute atomic E-state index is 0. The molecule has 0 bridgehead atoms. The Morgan fingerprint density at radius 3 is 2.71 bits per heavy atom. The number of thioether (sulfide) groups is 1. The van der Waals surface area contributed by atoms with E-state index < -0.39 is 5.60 Å². The first-order valence-corrected chi connectivity index (χ1v) is 9.10. The van der Waals surface area contributed by atoms with Crippen LogP contribution in [0.15, 0.2) is 4.99 Å². The molecule has 21 heavy (non-hydrogen) atoms. The van der Waals surface area contributed by atoms with Gasteiger partial charge in [0.05, 0.1) is 12.1 Å². The third-order valence-electron chi connectivity index (χ3n) is 3.58. The van der Waals surface area contributed by atoms with Crippen LogP contribution >= 0.6 is 35.7 Å². The van der Waals surface area contributed by atoms with Crippen LogP contribution in [-0.2, 0) is 0 Å². The van der Waals surface area contributed by atoms with Gasteiger partial charge in [-0.25, -0.2) is 0 Å². The number of nitrogens with zero attached hydrogens (tertiary/aromatic N) is 1. The molecule has 1 heterocycles. The van der Waals surface area contributed by atoms with Crippen molar-refractivity contribution >= 4 is 41.7 Å². The molecule has 3 N–H and O–H groups in total. The number of nitrogens with one attached hydrogen (secondary N) is 2. The fourth-order valence-electron chi connectivity index (χ4n) is 2.27. The summed E-state index contributed by atoms with van der Waals surface area (Å²) in [6.45, 7) is 7.84. The number of aliphatic imine (C=N–C) groups is 1. The van der Waals surface area contributed by atoms with Crippen molar-refractivity contribution in [3.8, 4) is 0 Å². The van der Waals surface area contributed by atoms with E-state index in [4.69, 9.17) is 0 Å². The van der Waals surface area contributed by atoms with Gasteiger partial charge < -0.3 is 15.7 Å². The summed E-state index contributed by atoms with van der Waals surface area (Å²) in [5, 5.41) is 17.0. The molecule has 0 aromatic heterocycles. The second-order valence-electron chi connectivity index (χ2n) is 5.76. The normalized spacial score (nSPS) is 23.5. The monoisotopic (exact) mass is 429 g/mol. The van der Waals surface area contributed by atoms with Crippen LogP contribution in [0.5, 0.6) is 0 Å². The Morgan fingerprint density at radius 1 is 1.38 bits per heavy atom. The van der Waals surface area contributed by atoms with E-state index in [0.29, 0.717) is 12.6 Å². The molecule has 4 nitrogen and oxygen atoms in total. The van der Waals surface area contributed by atoms with Crippen molar-refractivity contribution in [1.82, 2.24) is 10.6 Å². The summed E-state index contributed by atoms with van der Waals surface area (Å²) < 4.78 is 0. The third-order valence-corrected chi connectivity index (χ3v) is 4.82. The first-order chi connectivity index (χ1) is 9.59. The highest BCUT2D eigenvalue weighted by Gasteiger charge is 2.31. The van der Waals surface area contributed by atoms with E-state index in [1.807, 2.05) is 11.8 Å². The van der Waals surface area contributed by atoms with Crippen LogP contribution in [-0.4, -0.2) is 47.3 Å². The Balaban J connectivity index is 0.00000400. The van der Waals surface area contributed by atoms with Crippen LogP contribution in [0.4, 0.5) is 0 Å². The van der Waals surface area contributed by atoms with Crippen molar-refractivity contribution in [2.24, 2.45) is 4.99 Å². The van der Waals surface area contributed by atoms with Crippen molar-refractivity contribution in [3.63, 3.8) is 0 Å². The maximum absolute atomic E-state index is 10.3. The number of halogens is 1. The average molecular weight is 429 g/mol. The maximum Gasteiger partial charge on any atom is 0.191 e. The summed E-state index contributed by atoms with van der Waals surface area (Å²) in [4.78, 5) is 4.57. The molecule has 0 aliphatic carbocycles. The van der Waals surface area contributed by atoms with Gasteiger partial charge in [-0.15, -0.1) is 24.0 Å². The zero-order chi connectivity index (χ0) is 14.8. The van der Waals surface area contributed by atoms with Gasteiger partial charge in [0.1, 0.15) is 0 Å². The smallest absolute Gasteiger partial charge is 0.191 e. The minimum Gasteiger partial charge on any atom is -0.387 e. The fraction of sp³-hybridized carbons (Fsp3) is 0.933. The lowest BCUT2D eigenvalue weighted by Crippen LogP contribution is -2.43. The number of aliphatic hydroxyl groups is 1. The lowest BCUT2D eigenvalue weighted by atomic mass is 10.0. The van der Waals surface area contributed by atoms with Gasteiger partial charge in [-0.2, -0.15) is 11.8 Å². The van der Waals surface area contributed by atoms with Gasteiger partial charge in [0, 0.05) is 18.3 Å². The standard InChI is InChI=1S/C15H31N3OS.HI/c1-4-6-7-8-13(3)18-14(16-5-2)17-11-15(19)9-10-20-12-15;/h13,19H,4-12H2,1-3H3,(H2,16,17,18);1H. The van der Waals surface area contributed by atoms with E-state index in [1.54, 1.807) is 0 Å². The summed E-state index contributed by atoms with van der Waals surface area (Å²) in [6, 6.07) is 0.423. The molecule has 1 aliphatic rings. The Labute approximate surface area is 151 Å². The van der Waals surface area contributed by atoms with E-state index >= 15 is 0 Å². The van der Waals surface area contributed by atoms with Gasteiger partial charge in [-0.3, -0.25) is 4.99 Å². The van der Waals surface area contributed by atoms with Crippen LogP contribution in [0, 0.1) is 0 Å². The zero-order valence-electron chi connectivity index (χ0n) is 13.7. The van der Waals surface area contributed by atoms with Crippen LogP contribution in [0.2, 0.25) is 0 Å². The first-order valence-electron chi connectivity index (χ1n) is 7.94. The summed E-state index contributed by atoms with van der Waals surface area (Å²) in [5.74, 6) is 2.69. The largest absolute Gasteiger partial charge is 0.387 e. The van der Waals surface area contributed by atoms with Crippen LogP contribution in [0.3, 0.4) is 0 Å². The number of unbranched alkanes of at least 4 members (excludes halogenated alkanes) is 2. The fourth-order valence-corrected chi connectivity index (χ4v) is 3.56. The molecule has 1 fully saturated rings. The molecule has 1 aliphatic heterocycles. The molecule has 0 radical (unpaired) electrons. The van der Waals surface area contributed by atoms with E-state index in [2.05, 4.69) is 36.4 Å². The molecule has 0 aromatic rings. The van der Waals surface area contributed by atoms with Gasteiger partial charge in [0.15, 0.2) is 5.96 Å². The molecule has 0 saturated carbocycles. The molecular formula is C15H32IN3OS. The lowest BCUT2D eigenvalue weighted by Gasteiger charge is -2.21. The lowest BCUT2D eigenvalue weighted by molar-refractivity contribution is 0.0778. The van der Waals surface area contributed by atoms with Gasteiger partial charge in [-0.1, -0.05) is 26.2 Å². The first kappa shape index (κ1) is 21.3. The van der Waals surface area contributed by atoms with E-state index in [1.165, 1.54) is 25.7 Å². The zero-order valence-corrected chi connectivity index (χ0v) is 16.8. The summed E-state index contributed by atoms with van der Waals surface area (Å²) in [5.41, 5.74) is -0.599. The molecule has 6 heteroatoms. The second-order valence-corrected chi connectivity index (χ2v) is 6.87. The van der Waals surface area contributed by atoms with Crippen LogP contribution in [0.1, 0.15) is 52.9 Å². The molecule has 2 unspecified atom stereocenters. The summed E-state index contributed by atoms with van der Waals surface area (Å²) in [6.07, 6.45) is 5.82. The predicted octanol–water partition coefficient (Wildman–Crippen LogP) is 3.00. The molecular weight excluding hydrogens is 397 g/mol. The van der Waals surface area contributed by atoms with E-state index in [9.17, 15) is 5.11 Å². The highest BCUT2D eigenvalue weighted by atomic mass is 127. The van der Waals surface area contributed by atoms with Crippen LogP contribution in [0.25, 0.3) is 0 Å². The molecule has 0 amide bonds. The molecule has 1 saturated heterocycles. The molecule has 2 atom stereocenters. The van der Waals surface area contributed by atoms with Gasteiger partial charge >= 0.3 is 0 Å². The van der Waals surface area contributed by atoms with Gasteiger partial charge in [0.25, 0.3) is 0 Å². The average Bonchev–Trinajstić information content (AvgIpc) is 2.84. The quantitative estimate of drug-likeness (QED) is 0.240. The minimum atomic E-state index is -0.599. The molecule has 0 aromatic carbocycles. The molecule has 126 valence electrons. The Morgan fingerprint density at radius 2 is 2.14 bits per heavy atom. The van der Waals surface area contributed by atoms with Crippen molar-refractivity contribution < 1.29 is 5.11 Å². The Kier molecular flexibility index (Phi) is 12.0.